The molecule has 1 aromatic heterocycles. The van der Waals surface area contributed by atoms with Gasteiger partial charge in [-0.15, -0.1) is 0 Å². The SMILES string of the molecule is CCC1C[C@]1(NC(=O)[C@@H]1C[C@@H](Oc2cc(N=CC=CN)nc3cc(OC)ccc23)CN1C(=O)[C@@H](NC(=O)OC1C[C@@H]2C[C@@H]2C1)C(C)(C)C)C(=O)O. The van der Waals surface area contributed by atoms with Crippen LogP contribution in [0.2, 0.25) is 0 Å². The van der Waals surface area contributed by atoms with Gasteiger partial charge in [0, 0.05) is 30.2 Å². The summed E-state index contributed by atoms with van der Waals surface area (Å²) in [7, 11) is 1.55. The Kier molecular flexibility index (Phi) is 9.88. The maximum atomic E-state index is 14.5. The Morgan fingerprint density at radius 2 is 1.88 bits per heavy atom. The highest BCUT2D eigenvalue weighted by Gasteiger charge is 2.61. The molecule has 1 aromatic carbocycles. The molecule has 5 N–H and O–H groups in total. The predicted molar refractivity (Wildman–Crippen MR) is 189 cm³/mol. The standard InChI is InChI=1S/C37H48N6O8/c1-6-22-18-37(22,34(46)47)42-32(44)28-16-25(50-29-17-30(39-11-7-10-38)40-27-15-23(49-5)8-9-26(27)29)19-43(28)33(45)31(36(2,3)4)41-35(48)51-24-13-20-12-21(20)14-24/h7-11,15,17,20-22,24-25,28,31H,6,12-14,16,18-19,38H2,1-5H3,(H,41,48)(H,42,44)(H,46,47)/t20-,21+,22?,24?,25-,28+,31-,37-/m1/s1. The number of ether oxygens (including phenoxy) is 3. The lowest BCUT2D eigenvalue weighted by molar-refractivity contribution is -0.146. The van der Waals surface area contributed by atoms with Gasteiger partial charge in [0.15, 0.2) is 5.82 Å². The zero-order valence-corrected chi connectivity index (χ0v) is 29.8. The van der Waals surface area contributed by atoms with Crippen molar-refractivity contribution in [3.8, 4) is 11.5 Å². The van der Waals surface area contributed by atoms with Crippen molar-refractivity contribution in [2.75, 3.05) is 13.7 Å². The molecule has 0 radical (unpaired) electrons. The third-order valence-electron chi connectivity index (χ3n) is 10.7. The highest BCUT2D eigenvalue weighted by molar-refractivity contribution is 5.96. The lowest BCUT2D eigenvalue weighted by atomic mass is 9.85. The first-order chi connectivity index (χ1) is 24.3. The van der Waals surface area contributed by atoms with Crippen LogP contribution in [0, 0.1) is 23.2 Å². The minimum absolute atomic E-state index is 0.00201. The van der Waals surface area contributed by atoms with Gasteiger partial charge in [0.1, 0.15) is 41.3 Å². The molecule has 14 nitrogen and oxygen atoms in total. The Labute approximate surface area is 297 Å². The number of nitrogens with two attached hydrogens (primary N) is 1. The van der Waals surface area contributed by atoms with Gasteiger partial charge in [-0.1, -0.05) is 34.1 Å². The number of likely N-dealkylation sites (tertiary alicyclic amines) is 1. The van der Waals surface area contributed by atoms with Gasteiger partial charge in [0.25, 0.3) is 0 Å². The highest BCUT2D eigenvalue weighted by atomic mass is 16.6. The molecule has 3 saturated carbocycles. The lowest BCUT2D eigenvalue weighted by Crippen LogP contribution is -2.59. The second-order valence-electron chi connectivity index (χ2n) is 15.3. The number of aromatic nitrogens is 1. The minimum atomic E-state index is -1.39. The van der Waals surface area contributed by atoms with Crippen LogP contribution >= 0.6 is 0 Å². The molecular formula is C37H48N6O8. The van der Waals surface area contributed by atoms with Crippen LogP contribution in [-0.2, 0) is 19.1 Å². The molecule has 1 saturated heterocycles. The van der Waals surface area contributed by atoms with E-state index in [1.54, 1.807) is 37.5 Å². The zero-order valence-electron chi connectivity index (χ0n) is 29.8. The number of nitrogens with one attached hydrogen (secondary N) is 2. The molecule has 4 aliphatic rings. The van der Waals surface area contributed by atoms with E-state index in [0.717, 1.165) is 12.8 Å². The van der Waals surface area contributed by atoms with Gasteiger partial charge in [0.2, 0.25) is 11.8 Å². The summed E-state index contributed by atoms with van der Waals surface area (Å²) >= 11 is 0. The molecule has 6 rings (SSSR count). The van der Waals surface area contributed by atoms with Crippen molar-refractivity contribution in [1.29, 1.82) is 0 Å². The Morgan fingerprint density at radius 1 is 1.14 bits per heavy atom. The van der Waals surface area contributed by atoms with Gasteiger partial charge in [-0.25, -0.2) is 19.6 Å². The van der Waals surface area contributed by atoms with E-state index in [0.29, 0.717) is 52.9 Å². The van der Waals surface area contributed by atoms with Crippen LogP contribution in [0.5, 0.6) is 11.5 Å². The fourth-order valence-electron chi connectivity index (χ4n) is 7.64. The number of carbonyl (C=O) groups excluding carboxylic acids is 3. The van der Waals surface area contributed by atoms with Gasteiger partial charge in [-0.05, 0) is 73.3 Å². The molecule has 1 aliphatic heterocycles. The zero-order chi connectivity index (χ0) is 36.7. The summed E-state index contributed by atoms with van der Waals surface area (Å²) in [6, 6.07) is 4.88. The molecule has 0 bridgehead atoms. The normalized spacial score (nSPS) is 28.8. The summed E-state index contributed by atoms with van der Waals surface area (Å²) in [5.74, 6) is 0.162. The van der Waals surface area contributed by atoms with E-state index in [9.17, 15) is 24.3 Å². The fraction of sp³-hybridized carbons (Fsp3) is 0.568. The van der Waals surface area contributed by atoms with Gasteiger partial charge in [0.05, 0.1) is 19.2 Å². The molecule has 0 spiro atoms. The van der Waals surface area contributed by atoms with Crippen LogP contribution in [-0.4, -0.2) is 88.6 Å². The van der Waals surface area contributed by atoms with Gasteiger partial charge in [-0.3, -0.25) is 9.59 Å². The van der Waals surface area contributed by atoms with Crippen LogP contribution in [0.4, 0.5) is 10.6 Å². The molecule has 3 amide bonds. The second kappa shape index (κ2) is 14.0. The number of amides is 3. The van der Waals surface area contributed by atoms with Crippen LogP contribution in [0.15, 0.2) is 41.5 Å². The number of allylic oxidation sites excluding steroid dienone is 1. The van der Waals surface area contributed by atoms with Crippen molar-refractivity contribution < 1.29 is 38.5 Å². The van der Waals surface area contributed by atoms with Crippen LogP contribution in [0.25, 0.3) is 10.9 Å². The summed E-state index contributed by atoms with van der Waals surface area (Å²) < 4.78 is 17.7. The topological polar surface area (TPSA) is 195 Å². The summed E-state index contributed by atoms with van der Waals surface area (Å²) in [6.07, 6.45) is 6.66. The van der Waals surface area contributed by atoms with Crippen molar-refractivity contribution in [2.45, 2.75) is 96.1 Å². The van der Waals surface area contributed by atoms with Crippen molar-refractivity contribution in [3.05, 3.63) is 36.5 Å². The number of aliphatic imine (C=N–C) groups is 1. The smallest absolute Gasteiger partial charge is 0.408 e. The van der Waals surface area contributed by atoms with Crippen LogP contribution < -0.4 is 25.8 Å². The summed E-state index contributed by atoms with van der Waals surface area (Å²) in [5, 5.41) is 16.3. The van der Waals surface area contributed by atoms with E-state index < -0.39 is 53.0 Å². The fourth-order valence-corrected chi connectivity index (χ4v) is 7.64. The number of carboxylic acids is 1. The number of carbonyl (C=O) groups is 4. The number of aliphatic carboxylic acids is 1. The van der Waals surface area contributed by atoms with Gasteiger partial charge in [-0.2, -0.15) is 0 Å². The molecule has 3 aliphatic carbocycles. The molecule has 51 heavy (non-hydrogen) atoms. The number of nitrogens with zero attached hydrogens (tertiary/aromatic N) is 3. The minimum Gasteiger partial charge on any atom is -0.497 e. The van der Waals surface area contributed by atoms with Crippen molar-refractivity contribution in [2.24, 2.45) is 33.9 Å². The summed E-state index contributed by atoms with van der Waals surface area (Å²) in [5.41, 5.74) is 3.87. The second-order valence-corrected chi connectivity index (χ2v) is 15.3. The Hall–Kier alpha value is -4.88. The number of pyridine rings is 1. The molecule has 4 fully saturated rings. The first-order valence-electron chi connectivity index (χ1n) is 17.7. The van der Waals surface area contributed by atoms with E-state index in [1.165, 1.54) is 23.7 Å². The number of alkyl carbamates (subject to hydrolysis) is 1. The number of rotatable bonds is 12. The molecular weight excluding hydrogens is 656 g/mol. The van der Waals surface area contributed by atoms with Crippen molar-refractivity contribution in [1.82, 2.24) is 20.5 Å². The lowest BCUT2D eigenvalue weighted by Gasteiger charge is -2.35. The third-order valence-corrected chi connectivity index (χ3v) is 10.7. The largest absolute Gasteiger partial charge is 0.497 e. The summed E-state index contributed by atoms with van der Waals surface area (Å²) in [6.45, 7) is 7.36. The predicted octanol–water partition coefficient (Wildman–Crippen LogP) is 4.08. The molecule has 274 valence electrons. The number of fused-ring (bicyclic) bond motifs is 2. The number of methoxy groups -OCH3 is 1. The van der Waals surface area contributed by atoms with Gasteiger partial charge >= 0.3 is 12.1 Å². The molecule has 2 unspecified atom stereocenters. The first-order valence-corrected chi connectivity index (χ1v) is 17.7. The first kappa shape index (κ1) is 35.9. The van der Waals surface area contributed by atoms with E-state index in [4.69, 9.17) is 19.9 Å². The highest BCUT2D eigenvalue weighted by Crippen LogP contribution is 2.52. The van der Waals surface area contributed by atoms with Crippen LogP contribution in [0.1, 0.15) is 66.2 Å². The monoisotopic (exact) mass is 704 g/mol. The van der Waals surface area contributed by atoms with Crippen molar-refractivity contribution in [3.63, 3.8) is 0 Å². The maximum absolute atomic E-state index is 14.5. The maximum Gasteiger partial charge on any atom is 0.408 e. The molecule has 14 heteroatoms. The number of carboxylic acid groups (broad SMARTS) is 1. The van der Waals surface area contributed by atoms with E-state index in [1.807, 2.05) is 27.7 Å². The molecule has 8 atom stereocenters. The Morgan fingerprint density at radius 3 is 2.51 bits per heavy atom. The average molecular weight is 705 g/mol. The Bertz CT molecular complexity index is 1750. The Balaban J connectivity index is 1.28. The van der Waals surface area contributed by atoms with E-state index in [-0.39, 0.29) is 25.0 Å². The third kappa shape index (κ3) is 7.59. The summed E-state index contributed by atoms with van der Waals surface area (Å²) in [4.78, 5) is 64.4. The van der Waals surface area contributed by atoms with E-state index >= 15 is 0 Å². The number of hydrogen-bond donors (Lipinski definition) is 4. The van der Waals surface area contributed by atoms with E-state index in [2.05, 4.69) is 20.6 Å². The molecule has 2 aromatic rings. The molecule has 2 heterocycles. The average Bonchev–Trinajstić information content (AvgIpc) is 3.89. The number of hydrogen-bond acceptors (Lipinski definition) is 10. The van der Waals surface area contributed by atoms with Gasteiger partial charge < -0.3 is 40.6 Å². The van der Waals surface area contributed by atoms with Crippen molar-refractivity contribution >= 4 is 46.8 Å². The quantitative estimate of drug-likeness (QED) is 0.234. The number of benzene rings is 1. The van der Waals surface area contributed by atoms with Crippen LogP contribution in [0.3, 0.4) is 0 Å².